The summed E-state index contributed by atoms with van der Waals surface area (Å²) < 4.78 is 5.80. The highest BCUT2D eigenvalue weighted by atomic mass is 16.5. The van der Waals surface area contributed by atoms with Crippen molar-refractivity contribution in [2.24, 2.45) is 0 Å². The first-order chi connectivity index (χ1) is 12.6. The van der Waals surface area contributed by atoms with Crippen molar-refractivity contribution in [3.8, 4) is 5.75 Å². The average molecular weight is 356 g/mol. The number of carbonyl (C=O) groups excluding carboxylic acids is 1. The third-order valence-electron chi connectivity index (χ3n) is 4.50. The van der Waals surface area contributed by atoms with Crippen LogP contribution in [0, 0.1) is 0 Å². The number of nitrogens with zero attached hydrogens (tertiary/aromatic N) is 1. The number of rotatable bonds is 6. The Morgan fingerprint density at radius 1 is 1.15 bits per heavy atom. The standard InChI is InChI=1S/C20H24N2O4/c23-15-20(25)9-10-22(14-20)19(24)21-12-17-7-4-8-18(11-17)26-13-16-5-2-1-3-6-16/h1-8,11,23,25H,9-10,12-15H2,(H,21,24)/t20-/m1/s1. The zero-order chi connectivity index (χ0) is 18.4. The van der Waals surface area contributed by atoms with E-state index in [2.05, 4.69) is 5.32 Å². The molecule has 0 aliphatic carbocycles. The molecule has 2 amide bonds. The van der Waals surface area contributed by atoms with Crippen molar-refractivity contribution in [1.82, 2.24) is 10.2 Å². The van der Waals surface area contributed by atoms with E-state index in [9.17, 15) is 15.0 Å². The summed E-state index contributed by atoms with van der Waals surface area (Å²) in [6, 6.07) is 17.3. The van der Waals surface area contributed by atoms with Gasteiger partial charge in [0.25, 0.3) is 0 Å². The number of hydrogen-bond donors (Lipinski definition) is 3. The minimum Gasteiger partial charge on any atom is -0.489 e. The smallest absolute Gasteiger partial charge is 0.317 e. The molecule has 1 fully saturated rings. The Bertz CT molecular complexity index is 738. The van der Waals surface area contributed by atoms with Crippen LogP contribution in [0.15, 0.2) is 54.6 Å². The lowest BCUT2D eigenvalue weighted by Crippen LogP contribution is -2.42. The van der Waals surface area contributed by atoms with Gasteiger partial charge in [-0.25, -0.2) is 4.79 Å². The molecule has 0 spiro atoms. The molecule has 138 valence electrons. The van der Waals surface area contributed by atoms with Crippen LogP contribution in [-0.4, -0.2) is 46.4 Å². The zero-order valence-electron chi connectivity index (χ0n) is 14.6. The van der Waals surface area contributed by atoms with Crippen LogP contribution in [0.25, 0.3) is 0 Å². The van der Waals surface area contributed by atoms with E-state index in [1.54, 1.807) is 0 Å². The van der Waals surface area contributed by atoms with Gasteiger partial charge in [-0.3, -0.25) is 0 Å². The first kappa shape index (κ1) is 18.2. The van der Waals surface area contributed by atoms with Gasteiger partial charge < -0.3 is 25.2 Å². The van der Waals surface area contributed by atoms with E-state index in [4.69, 9.17) is 4.74 Å². The number of likely N-dealkylation sites (tertiary alicyclic amines) is 1. The number of benzene rings is 2. The Labute approximate surface area is 153 Å². The maximum atomic E-state index is 12.2. The predicted octanol–water partition coefficient (Wildman–Crippen LogP) is 1.90. The van der Waals surface area contributed by atoms with E-state index in [-0.39, 0.29) is 19.2 Å². The lowest BCUT2D eigenvalue weighted by Gasteiger charge is -2.21. The van der Waals surface area contributed by atoms with Gasteiger partial charge in [-0.15, -0.1) is 0 Å². The van der Waals surface area contributed by atoms with E-state index < -0.39 is 5.60 Å². The van der Waals surface area contributed by atoms with Gasteiger partial charge in [0.1, 0.15) is 18.0 Å². The third-order valence-corrected chi connectivity index (χ3v) is 4.50. The molecule has 3 N–H and O–H groups in total. The molecule has 1 atom stereocenters. The number of aliphatic hydroxyl groups is 2. The van der Waals surface area contributed by atoms with E-state index in [1.165, 1.54) is 4.90 Å². The van der Waals surface area contributed by atoms with Gasteiger partial charge in [-0.05, 0) is 29.7 Å². The molecule has 1 heterocycles. The predicted molar refractivity (Wildman–Crippen MR) is 97.7 cm³/mol. The van der Waals surface area contributed by atoms with Gasteiger partial charge in [0, 0.05) is 13.1 Å². The molecule has 2 aromatic carbocycles. The first-order valence-corrected chi connectivity index (χ1v) is 8.70. The number of β-amino-alcohol motifs (C(OH)–C–C–N with tert-alkyl or cyclic N) is 1. The maximum absolute atomic E-state index is 12.2. The Hall–Kier alpha value is -2.57. The van der Waals surface area contributed by atoms with Crippen LogP contribution in [0.3, 0.4) is 0 Å². The lowest BCUT2D eigenvalue weighted by atomic mass is 10.1. The quantitative estimate of drug-likeness (QED) is 0.738. The number of nitrogens with one attached hydrogen (secondary N) is 1. The maximum Gasteiger partial charge on any atom is 0.317 e. The molecule has 0 radical (unpaired) electrons. The van der Waals surface area contributed by atoms with Crippen molar-refractivity contribution in [3.63, 3.8) is 0 Å². The Kier molecular flexibility index (Phi) is 5.75. The largest absolute Gasteiger partial charge is 0.489 e. The summed E-state index contributed by atoms with van der Waals surface area (Å²) in [5.41, 5.74) is 0.847. The van der Waals surface area contributed by atoms with Crippen molar-refractivity contribution in [3.05, 3.63) is 65.7 Å². The number of carbonyl (C=O) groups is 1. The van der Waals surface area contributed by atoms with Crippen molar-refractivity contribution in [1.29, 1.82) is 0 Å². The van der Waals surface area contributed by atoms with Gasteiger partial charge >= 0.3 is 6.03 Å². The molecular formula is C20H24N2O4. The lowest BCUT2D eigenvalue weighted by molar-refractivity contribution is -0.00280. The molecule has 1 saturated heterocycles. The molecule has 1 aliphatic rings. The van der Waals surface area contributed by atoms with Gasteiger partial charge in [0.05, 0.1) is 13.2 Å². The molecule has 0 saturated carbocycles. The number of aliphatic hydroxyl groups excluding tert-OH is 1. The van der Waals surface area contributed by atoms with Crippen LogP contribution in [0.4, 0.5) is 4.79 Å². The second-order valence-corrected chi connectivity index (χ2v) is 6.63. The molecule has 6 heteroatoms. The fourth-order valence-electron chi connectivity index (χ4n) is 2.93. The topological polar surface area (TPSA) is 82.0 Å². The van der Waals surface area contributed by atoms with Crippen molar-refractivity contribution < 1.29 is 19.7 Å². The van der Waals surface area contributed by atoms with Gasteiger partial charge in [0.15, 0.2) is 0 Å². The second kappa shape index (κ2) is 8.21. The van der Waals surface area contributed by atoms with E-state index in [0.29, 0.717) is 26.1 Å². The summed E-state index contributed by atoms with van der Waals surface area (Å²) in [5.74, 6) is 0.747. The summed E-state index contributed by atoms with van der Waals surface area (Å²) >= 11 is 0. The first-order valence-electron chi connectivity index (χ1n) is 8.70. The molecule has 0 unspecified atom stereocenters. The number of amides is 2. The SMILES string of the molecule is O=C(NCc1cccc(OCc2ccccc2)c1)N1CC[C@](O)(CO)C1. The molecule has 3 rings (SSSR count). The number of urea groups is 1. The molecule has 1 aliphatic heterocycles. The molecule has 6 nitrogen and oxygen atoms in total. The van der Waals surface area contributed by atoms with Crippen LogP contribution in [-0.2, 0) is 13.2 Å². The van der Waals surface area contributed by atoms with Crippen molar-refractivity contribution >= 4 is 6.03 Å². The molecule has 2 aromatic rings. The molecule has 0 aromatic heterocycles. The van der Waals surface area contributed by atoms with Gasteiger partial charge in [-0.1, -0.05) is 42.5 Å². The van der Waals surface area contributed by atoms with Crippen LogP contribution in [0.5, 0.6) is 5.75 Å². The summed E-state index contributed by atoms with van der Waals surface area (Å²) in [5, 5.41) is 22.0. The molecule has 0 bridgehead atoms. The highest BCUT2D eigenvalue weighted by molar-refractivity contribution is 5.74. The minimum atomic E-state index is -1.18. The molecular weight excluding hydrogens is 332 g/mol. The normalized spacial score (nSPS) is 19.4. The van der Waals surface area contributed by atoms with Crippen molar-refractivity contribution in [2.45, 2.75) is 25.2 Å². The van der Waals surface area contributed by atoms with Crippen LogP contribution in [0.1, 0.15) is 17.5 Å². The second-order valence-electron chi connectivity index (χ2n) is 6.63. The van der Waals surface area contributed by atoms with Crippen LogP contribution in [0.2, 0.25) is 0 Å². The van der Waals surface area contributed by atoms with E-state index >= 15 is 0 Å². The fourth-order valence-corrected chi connectivity index (χ4v) is 2.93. The van der Waals surface area contributed by atoms with E-state index in [0.717, 1.165) is 16.9 Å². The summed E-state index contributed by atoms with van der Waals surface area (Å²) in [6.45, 7) is 1.11. The number of ether oxygens (including phenoxy) is 1. The molecule has 26 heavy (non-hydrogen) atoms. The van der Waals surface area contributed by atoms with Gasteiger partial charge in [-0.2, -0.15) is 0 Å². The summed E-state index contributed by atoms with van der Waals surface area (Å²) in [4.78, 5) is 13.7. The van der Waals surface area contributed by atoms with Gasteiger partial charge in [0.2, 0.25) is 0 Å². The minimum absolute atomic E-state index is 0.148. The Balaban J connectivity index is 1.50. The van der Waals surface area contributed by atoms with Crippen LogP contribution >= 0.6 is 0 Å². The Morgan fingerprint density at radius 3 is 2.65 bits per heavy atom. The summed E-state index contributed by atoms with van der Waals surface area (Å²) in [7, 11) is 0. The Morgan fingerprint density at radius 2 is 1.92 bits per heavy atom. The van der Waals surface area contributed by atoms with Crippen LogP contribution < -0.4 is 10.1 Å². The third kappa shape index (κ3) is 4.74. The monoisotopic (exact) mass is 356 g/mol. The number of hydrogen-bond acceptors (Lipinski definition) is 4. The highest BCUT2D eigenvalue weighted by Crippen LogP contribution is 2.20. The fraction of sp³-hybridized carbons (Fsp3) is 0.350. The van der Waals surface area contributed by atoms with Crippen molar-refractivity contribution in [2.75, 3.05) is 19.7 Å². The average Bonchev–Trinajstić information content (AvgIpc) is 3.09. The zero-order valence-corrected chi connectivity index (χ0v) is 14.6. The summed E-state index contributed by atoms with van der Waals surface area (Å²) in [6.07, 6.45) is 0.389. The highest BCUT2D eigenvalue weighted by Gasteiger charge is 2.37. The van der Waals surface area contributed by atoms with E-state index in [1.807, 2.05) is 54.6 Å².